The van der Waals surface area contributed by atoms with E-state index in [1.807, 2.05) is 20.8 Å². The van der Waals surface area contributed by atoms with E-state index < -0.39 is 17.5 Å². The van der Waals surface area contributed by atoms with Gasteiger partial charge < -0.3 is 10.6 Å². The van der Waals surface area contributed by atoms with Gasteiger partial charge in [0.15, 0.2) is 0 Å². The van der Waals surface area contributed by atoms with Gasteiger partial charge in [-0.1, -0.05) is 44.5 Å². The van der Waals surface area contributed by atoms with E-state index in [0.29, 0.717) is 29.5 Å². The Morgan fingerprint density at radius 3 is 2.46 bits per heavy atom. The van der Waals surface area contributed by atoms with Crippen molar-refractivity contribution in [2.24, 2.45) is 5.92 Å². The molecular formula is C17H22ClN3O3. The summed E-state index contributed by atoms with van der Waals surface area (Å²) in [6, 6.07) is 6.22. The minimum atomic E-state index is -1.15. The fourth-order valence-corrected chi connectivity index (χ4v) is 2.79. The van der Waals surface area contributed by atoms with Crippen molar-refractivity contribution in [1.29, 1.82) is 0 Å². The first-order chi connectivity index (χ1) is 11.3. The van der Waals surface area contributed by atoms with E-state index in [1.165, 1.54) is 0 Å². The van der Waals surface area contributed by atoms with Crippen LogP contribution in [-0.2, 0) is 15.1 Å². The lowest BCUT2D eigenvalue weighted by molar-refractivity contribution is -0.135. The highest BCUT2D eigenvalue weighted by Crippen LogP contribution is 2.32. The normalized spacial score (nSPS) is 20.5. The zero-order chi connectivity index (χ0) is 17.9. The van der Waals surface area contributed by atoms with Gasteiger partial charge in [-0.05, 0) is 30.0 Å². The molecule has 2 N–H and O–H groups in total. The standard InChI is InChI=1S/C17H22ClN3O3/c1-4-17(12-5-7-13(18)8-6-12)15(23)21(16(24)20-17)10-14(22)19-9-11(2)3/h5-8,11H,4,9-10H2,1-3H3,(H,19,22)(H,20,24)/t17-/m0/s1. The third-order valence-electron chi connectivity index (χ3n) is 4.05. The van der Waals surface area contributed by atoms with E-state index in [4.69, 9.17) is 11.6 Å². The number of nitrogens with one attached hydrogen (secondary N) is 2. The first-order valence-corrected chi connectivity index (χ1v) is 8.34. The number of hydrogen-bond acceptors (Lipinski definition) is 3. The van der Waals surface area contributed by atoms with Gasteiger partial charge in [0.25, 0.3) is 5.91 Å². The van der Waals surface area contributed by atoms with Gasteiger partial charge in [0.1, 0.15) is 12.1 Å². The molecule has 0 unspecified atom stereocenters. The lowest BCUT2D eigenvalue weighted by Gasteiger charge is -2.25. The maximum absolute atomic E-state index is 12.9. The molecule has 1 aromatic rings. The number of nitrogens with zero attached hydrogens (tertiary/aromatic N) is 1. The summed E-state index contributed by atoms with van der Waals surface area (Å²) in [6.07, 6.45) is 0.378. The predicted molar refractivity (Wildman–Crippen MR) is 91.5 cm³/mol. The molecule has 1 aromatic carbocycles. The Hall–Kier alpha value is -2.08. The van der Waals surface area contributed by atoms with E-state index in [-0.39, 0.29) is 12.5 Å². The minimum Gasteiger partial charge on any atom is -0.354 e. The molecular weight excluding hydrogens is 330 g/mol. The van der Waals surface area contributed by atoms with Gasteiger partial charge in [-0.3, -0.25) is 14.5 Å². The molecule has 4 amide bonds. The zero-order valence-corrected chi connectivity index (χ0v) is 14.8. The number of carbonyl (C=O) groups is 3. The first-order valence-electron chi connectivity index (χ1n) is 7.97. The lowest BCUT2D eigenvalue weighted by atomic mass is 9.87. The fraction of sp³-hybridized carbons (Fsp3) is 0.471. The molecule has 1 heterocycles. The van der Waals surface area contributed by atoms with Crippen LogP contribution in [0.3, 0.4) is 0 Å². The predicted octanol–water partition coefficient (Wildman–Crippen LogP) is 2.27. The molecule has 0 radical (unpaired) electrons. The van der Waals surface area contributed by atoms with Gasteiger partial charge >= 0.3 is 6.03 Å². The van der Waals surface area contributed by atoms with Gasteiger partial charge in [0.05, 0.1) is 0 Å². The van der Waals surface area contributed by atoms with Gasteiger partial charge in [0.2, 0.25) is 5.91 Å². The van der Waals surface area contributed by atoms with E-state index >= 15 is 0 Å². The highest BCUT2D eigenvalue weighted by Gasteiger charge is 2.51. The Kier molecular flexibility index (Phi) is 5.49. The second kappa shape index (κ2) is 7.21. The summed E-state index contributed by atoms with van der Waals surface area (Å²) < 4.78 is 0. The number of hydrogen-bond donors (Lipinski definition) is 2. The summed E-state index contributed by atoms with van der Waals surface area (Å²) in [5.74, 6) is -0.479. The number of imide groups is 1. The number of amides is 4. The van der Waals surface area contributed by atoms with Crippen LogP contribution in [-0.4, -0.2) is 35.8 Å². The van der Waals surface area contributed by atoms with Crippen molar-refractivity contribution in [3.63, 3.8) is 0 Å². The van der Waals surface area contributed by atoms with Crippen molar-refractivity contribution in [1.82, 2.24) is 15.5 Å². The van der Waals surface area contributed by atoms with E-state index in [1.54, 1.807) is 24.3 Å². The number of rotatable bonds is 6. The number of carbonyl (C=O) groups excluding carboxylic acids is 3. The van der Waals surface area contributed by atoms with Crippen LogP contribution in [0.5, 0.6) is 0 Å². The third-order valence-corrected chi connectivity index (χ3v) is 4.30. The van der Waals surface area contributed by atoms with Crippen molar-refractivity contribution in [3.05, 3.63) is 34.9 Å². The molecule has 1 aliphatic heterocycles. The van der Waals surface area contributed by atoms with Crippen LogP contribution in [0.4, 0.5) is 4.79 Å². The molecule has 0 spiro atoms. The number of urea groups is 1. The zero-order valence-electron chi connectivity index (χ0n) is 14.1. The summed E-state index contributed by atoms with van der Waals surface area (Å²) in [5.41, 5.74) is -0.502. The monoisotopic (exact) mass is 351 g/mol. The molecule has 0 bridgehead atoms. The maximum Gasteiger partial charge on any atom is 0.325 e. The maximum atomic E-state index is 12.9. The van der Waals surface area contributed by atoms with Crippen molar-refractivity contribution < 1.29 is 14.4 Å². The van der Waals surface area contributed by atoms with Crippen LogP contribution >= 0.6 is 11.6 Å². The van der Waals surface area contributed by atoms with E-state index in [0.717, 1.165) is 4.90 Å². The summed E-state index contributed by atoms with van der Waals surface area (Å²) in [6.45, 7) is 5.97. The van der Waals surface area contributed by atoms with E-state index in [9.17, 15) is 14.4 Å². The Morgan fingerprint density at radius 1 is 1.29 bits per heavy atom. The van der Waals surface area contributed by atoms with Crippen molar-refractivity contribution >= 4 is 29.4 Å². The molecule has 1 atom stereocenters. The summed E-state index contributed by atoms with van der Waals surface area (Å²) in [7, 11) is 0. The van der Waals surface area contributed by atoms with Crippen LogP contribution in [0, 0.1) is 5.92 Å². The lowest BCUT2D eigenvalue weighted by Crippen LogP contribution is -2.45. The molecule has 0 aromatic heterocycles. The second-order valence-corrected chi connectivity index (χ2v) is 6.72. The van der Waals surface area contributed by atoms with Gasteiger partial charge in [-0.25, -0.2) is 4.79 Å². The Labute approximate surface area is 146 Å². The van der Waals surface area contributed by atoms with Crippen LogP contribution < -0.4 is 10.6 Å². The Bertz CT molecular complexity index is 645. The molecule has 2 rings (SSSR count). The molecule has 24 heavy (non-hydrogen) atoms. The van der Waals surface area contributed by atoms with E-state index in [2.05, 4.69) is 10.6 Å². The summed E-state index contributed by atoms with van der Waals surface area (Å²) >= 11 is 5.89. The highest BCUT2D eigenvalue weighted by molar-refractivity contribution is 6.30. The molecule has 1 fully saturated rings. The molecule has 0 aliphatic carbocycles. The smallest absolute Gasteiger partial charge is 0.325 e. The number of benzene rings is 1. The van der Waals surface area contributed by atoms with Crippen LogP contribution in [0.1, 0.15) is 32.8 Å². The highest BCUT2D eigenvalue weighted by atomic mass is 35.5. The molecule has 0 saturated carbocycles. The van der Waals surface area contributed by atoms with Crippen molar-refractivity contribution in [2.45, 2.75) is 32.7 Å². The van der Waals surface area contributed by atoms with Gasteiger partial charge in [-0.2, -0.15) is 0 Å². The molecule has 7 heteroatoms. The second-order valence-electron chi connectivity index (χ2n) is 6.29. The average Bonchev–Trinajstić information content (AvgIpc) is 2.78. The quantitative estimate of drug-likeness (QED) is 0.772. The fourth-order valence-electron chi connectivity index (χ4n) is 2.66. The minimum absolute atomic E-state index is 0.285. The molecule has 1 saturated heterocycles. The topological polar surface area (TPSA) is 78.5 Å². The van der Waals surface area contributed by atoms with Crippen LogP contribution in [0.25, 0.3) is 0 Å². The molecule has 1 aliphatic rings. The van der Waals surface area contributed by atoms with Crippen LogP contribution in [0.2, 0.25) is 5.02 Å². The first kappa shape index (κ1) is 18.3. The van der Waals surface area contributed by atoms with Crippen molar-refractivity contribution in [2.75, 3.05) is 13.1 Å². The summed E-state index contributed by atoms with van der Waals surface area (Å²) in [5, 5.41) is 6.00. The largest absolute Gasteiger partial charge is 0.354 e. The summed E-state index contributed by atoms with van der Waals surface area (Å²) in [4.78, 5) is 38.1. The molecule has 6 nitrogen and oxygen atoms in total. The number of halogens is 1. The Morgan fingerprint density at radius 2 is 1.92 bits per heavy atom. The van der Waals surface area contributed by atoms with Crippen LogP contribution in [0.15, 0.2) is 24.3 Å². The molecule has 130 valence electrons. The third kappa shape index (κ3) is 3.53. The average molecular weight is 352 g/mol. The Balaban J connectivity index is 2.19. The van der Waals surface area contributed by atoms with Gasteiger partial charge in [0, 0.05) is 11.6 Å². The van der Waals surface area contributed by atoms with Gasteiger partial charge in [-0.15, -0.1) is 0 Å². The SMILES string of the molecule is CC[C@@]1(c2ccc(Cl)cc2)NC(=O)N(CC(=O)NCC(C)C)C1=O. The van der Waals surface area contributed by atoms with Crippen molar-refractivity contribution in [3.8, 4) is 0 Å².